The fourth-order valence-electron chi connectivity index (χ4n) is 4.81. The van der Waals surface area contributed by atoms with Gasteiger partial charge in [-0.1, -0.05) is 78.4 Å². The van der Waals surface area contributed by atoms with Crippen LogP contribution in [0.5, 0.6) is 11.5 Å². The van der Waals surface area contributed by atoms with Gasteiger partial charge in [-0.3, -0.25) is 14.4 Å². The van der Waals surface area contributed by atoms with Crippen molar-refractivity contribution in [2.45, 2.75) is 17.1 Å². The van der Waals surface area contributed by atoms with Crippen LogP contribution >= 0.6 is 11.8 Å². The van der Waals surface area contributed by atoms with Crippen molar-refractivity contribution < 1.29 is 23.9 Å². The number of hydrogen-bond acceptors (Lipinski definition) is 6. The Morgan fingerprint density at radius 2 is 1.38 bits per heavy atom. The topological polar surface area (TPSA) is 106 Å². The van der Waals surface area contributed by atoms with Crippen molar-refractivity contribution in [1.29, 1.82) is 0 Å². The van der Waals surface area contributed by atoms with Gasteiger partial charge in [0.1, 0.15) is 10.9 Å². The van der Waals surface area contributed by atoms with Gasteiger partial charge in [-0.2, -0.15) is 0 Å². The summed E-state index contributed by atoms with van der Waals surface area (Å²) in [5, 5.41) is 8.09. The van der Waals surface area contributed by atoms with E-state index in [1.165, 1.54) is 11.8 Å². The average Bonchev–Trinajstić information content (AvgIpc) is 3.57. The number of carbonyl (C=O) groups excluding carboxylic acids is 3. The molecule has 234 valence electrons. The Balaban J connectivity index is 1.17. The van der Waals surface area contributed by atoms with Gasteiger partial charge < -0.3 is 25.4 Å². The SMILES string of the molecule is Cc1ccc(/C=C(\NC(=O)c2ccccc2)C(=O)Nc2ccc(SC(C(=O)Nc3ccc4c(c3)OCO4)c3ccccc3)cc2)cc1. The standard InChI is InChI=1S/C38H31N3O5S/c1-25-12-14-26(15-13-25)22-32(41-36(42)28-10-6-3-7-11-28)37(43)39-29-16-19-31(20-17-29)47-35(27-8-4-2-5-9-27)38(44)40-30-18-21-33-34(23-30)46-24-45-33/h2-23,35H,24H2,1H3,(H,39,43)(H,40,44)(H,41,42)/b32-22-. The van der Waals surface area contributed by atoms with Crippen molar-refractivity contribution in [1.82, 2.24) is 5.32 Å². The van der Waals surface area contributed by atoms with Gasteiger partial charge in [0.05, 0.1) is 0 Å². The summed E-state index contributed by atoms with van der Waals surface area (Å²) in [5.41, 5.74) is 4.37. The molecule has 0 saturated carbocycles. The molecule has 0 saturated heterocycles. The van der Waals surface area contributed by atoms with Crippen LogP contribution < -0.4 is 25.4 Å². The maximum Gasteiger partial charge on any atom is 0.272 e. The molecule has 8 nitrogen and oxygen atoms in total. The highest BCUT2D eigenvalue weighted by Crippen LogP contribution is 2.38. The molecule has 0 aromatic heterocycles. The number of anilines is 2. The van der Waals surface area contributed by atoms with Crippen molar-refractivity contribution in [3.05, 3.63) is 155 Å². The highest BCUT2D eigenvalue weighted by molar-refractivity contribution is 8.00. The summed E-state index contributed by atoms with van der Waals surface area (Å²) in [5.74, 6) is 0.163. The van der Waals surface area contributed by atoms with E-state index in [1.807, 2.05) is 79.7 Å². The Bertz CT molecular complexity index is 1910. The molecule has 0 bridgehead atoms. The number of ether oxygens (including phenoxy) is 2. The molecular weight excluding hydrogens is 611 g/mol. The van der Waals surface area contributed by atoms with E-state index in [2.05, 4.69) is 16.0 Å². The Labute approximate surface area is 276 Å². The largest absolute Gasteiger partial charge is 0.454 e. The molecule has 0 aliphatic carbocycles. The zero-order valence-corrected chi connectivity index (χ0v) is 26.3. The first-order chi connectivity index (χ1) is 22.9. The quantitative estimate of drug-likeness (QED) is 0.107. The van der Waals surface area contributed by atoms with E-state index in [4.69, 9.17) is 9.47 Å². The van der Waals surface area contributed by atoms with Crippen molar-refractivity contribution in [3.63, 3.8) is 0 Å². The number of amides is 3. The molecule has 1 aliphatic rings. The van der Waals surface area contributed by atoms with Crippen LogP contribution in [0.25, 0.3) is 6.08 Å². The minimum absolute atomic E-state index is 0.102. The minimum atomic E-state index is -0.556. The first-order valence-corrected chi connectivity index (χ1v) is 15.8. The zero-order valence-electron chi connectivity index (χ0n) is 25.4. The third kappa shape index (κ3) is 8.08. The third-order valence-electron chi connectivity index (χ3n) is 7.26. The normalized spacial score (nSPS) is 12.6. The summed E-state index contributed by atoms with van der Waals surface area (Å²) in [6, 6.07) is 38.4. The van der Waals surface area contributed by atoms with Crippen LogP contribution in [-0.4, -0.2) is 24.5 Å². The van der Waals surface area contributed by atoms with Crippen LogP contribution in [0.2, 0.25) is 0 Å². The molecule has 3 N–H and O–H groups in total. The predicted molar refractivity (Wildman–Crippen MR) is 184 cm³/mol. The van der Waals surface area contributed by atoms with Gasteiger partial charge in [-0.25, -0.2) is 0 Å². The molecule has 6 rings (SSSR count). The maximum atomic E-state index is 13.6. The van der Waals surface area contributed by atoms with E-state index in [0.29, 0.717) is 28.4 Å². The number of nitrogens with one attached hydrogen (secondary N) is 3. The average molecular weight is 642 g/mol. The van der Waals surface area contributed by atoms with Crippen LogP contribution in [0.1, 0.15) is 32.3 Å². The summed E-state index contributed by atoms with van der Waals surface area (Å²) in [4.78, 5) is 40.8. The van der Waals surface area contributed by atoms with Gasteiger partial charge in [-0.15, -0.1) is 11.8 Å². The lowest BCUT2D eigenvalue weighted by Gasteiger charge is -2.18. The van der Waals surface area contributed by atoms with Crippen molar-refractivity contribution >= 4 is 46.9 Å². The molecular formula is C38H31N3O5S. The van der Waals surface area contributed by atoms with E-state index >= 15 is 0 Å². The predicted octanol–water partition coefficient (Wildman–Crippen LogP) is 7.61. The molecule has 1 atom stereocenters. The number of aryl methyl sites for hydroxylation is 1. The number of rotatable bonds is 10. The molecule has 47 heavy (non-hydrogen) atoms. The number of benzene rings is 5. The summed E-state index contributed by atoms with van der Waals surface area (Å²) in [6.45, 7) is 2.13. The fourth-order valence-corrected chi connectivity index (χ4v) is 5.83. The van der Waals surface area contributed by atoms with Crippen LogP contribution in [0.15, 0.2) is 138 Å². The molecule has 3 amide bonds. The molecule has 5 aromatic rings. The van der Waals surface area contributed by atoms with E-state index in [1.54, 1.807) is 60.7 Å². The third-order valence-corrected chi connectivity index (χ3v) is 8.53. The van der Waals surface area contributed by atoms with Crippen LogP contribution in [0.3, 0.4) is 0 Å². The van der Waals surface area contributed by atoms with Crippen molar-refractivity contribution in [2.75, 3.05) is 17.4 Å². The summed E-state index contributed by atoms with van der Waals surface area (Å²) >= 11 is 1.39. The minimum Gasteiger partial charge on any atom is -0.454 e. The molecule has 1 heterocycles. The summed E-state index contributed by atoms with van der Waals surface area (Å²) in [6.07, 6.45) is 1.64. The van der Waals surface area contributed by atoms with E-state index in [-0.39, 0.29) is 18.4 Å². The molecule has 0 fully saturated rings. The van der Waals surface area contributed by atoms with Gasteiger partial charge in [0.15, 0.2) is 11.5 Å². The molecule has 0 spiro atoms. The summed E-state index contributed by atoms with van der Waals surface area (Å²) in [7, 11) is 0. The number of thioether (sulfide) groups is 1. The van der Waals surface area contributed by atoms with Crippen LogP contribution in [0, 0.1) is 6.92 Å². The number of hydrogen-bond donors (Lipinski definition) is 3. The van der Waals surface area contributed by atoms with Gasteiger partial charge in [0, 0.05) is 27.9 Å². The maximum absolute atomic E-state index is 13.6. The highest BCUT2D eigenvalue weighted by Gasteiger charge is 2.24. The Morgan fingerprint density at radius 1 is 0.723 bits per heavy atom. The number of fused-ring (bicyclic) bond motifs is 1. The van der Waals surface area contributed by atoms with Gasteiger partial charge in [-0.05, 0) is 72.7 Å². The monoisotopic (exact) mass is 641 g/mol. The fraction of sp³-hybridized carbons (Fsp3) is 0.0789. The first kappa shape index (κ1) is 31.2. The Hall–Kier alpha value is -5.80. The molecule has 9 heteroatoms. The van der Waals surface area contributed by atoms with Crippen LogP contribution in [0.4, 0.5) is 11.4 Å². The second-order valence-electron chi connectivity index (χ2n) is 10.7. The van der Waals surface area contributed by atoms with Crippen molar-refractivity contribution in [3.8, 4) is 11.5 Å². The molecule has 1 unspecified atom stereocenters. The lowest BCUT2D eigenvalue weighted by molar-refractivity contribution is -0.116. The number of carbonyl (C=O) groups is 3. The lowest BCUT2D eigenvalue weighted by Crippen LogP contribution is -2.30. The smallest absolute Gasteiger partial charge is 0.272 e. The lowest BCUT2D eigenvalue weighted by atomic mass is 10.1. The molecule has 5 aromatic carbocycles. The van der Waals surface area contributed by atoms with Gasteiger partial charge in [0.25, 0.3) is 11.8 Å². The highest BCUT2D eigenvalue weighted by atomic mass is 32.2. The summed E-state index contributed by atoms with van der Waals surface area (Å²) < 4.78 is 10.8. The molecule has 1 aliphatic heterocycles. The van der Waals surface area contributed by atoms with Gasteiger partial charge in [0.2, 0.25) is 12.7 Å². The second-order valence-corrected chi connectivity index (χ2v) is 11.9. The zero-order chi connectivity index (χ0) is 32.6. The van der Waals surface area contributed by atoms with Gasteiger partial charge >= 0.3 is 0 Å². The van der Waals surface area contributed by atoms with Crippen LogP contribution in [-0.2, 0) is 9.59 Å². The second kappa shape index (κ2) is 14.5. The molecule has 0 radical (unpaired) electrons. The first-order valence-electron chi connectivity index (χ1n) is 14.9. The van der Waals surface area contributed by atoms with Crippen molar-refractivity contribution in [2.24, 2.45) is 0 Å². The Kier molecular flexibility index (Phi) is 9.64. The van der Waals surface area contributed by atoms with E-state index in [9.17, 15) is 14.4 Å². The Morgan fingerprint density at radius 3 is 2.11 bits per heavy atom. The van der Waals surface area contributed by atoms with E-state index in [0.717, 1.165) is 21.6 Å². The van der Waals surface area contributed by atoms with E-state index < -0.39 is 17.1 Å².